The van der Waals surface area contributed by atoms with Gasteiger partial charge in [0.2, 0.25) is 0 Å². The zero-order chi connectivity index (χ0) is 17.9. The third kappa shape index (κ3) is 3.16. The number of nitriles is 1. The maximum Gasteiger partial charge on any atom is 0.254 e. The molecule has 0 unspecified atom stereocenters. The second-order valence-corrected chi connectivity index (χ2v) is 6.38. The molecule has 0 bridgehead atoms. The summed E-state index contributed by atoms with van der Waals surface area (Å²) in [6, 6.07) is 8.26. The fraction of sp³-hybridized carbons (Fsp3) is 0.389. The molecule has 0 aromatic carbocycles. The molecule has 0 aliphatic carbocycles. The zero-order valence-electron chi connectivity index (χ0n) is 14.6. The van der Waals surface area contributed by atoms with Gasteiger partial charge in [0.15, 0.2) is 0 Å². The van der Waals surface area contributed by atoms with Crippen molar-refractivity contribution in [3.63, 3.8) is 0 Å². The molecule has 26 heavy (non-hydrogen) atoms. The van der Waals surface area contributed by atoms with Crippen molar-refractivity contribution in [3.8, 4) is 6.07 Å². The average Bonchev–Trinajstić information content (AvgIpc) is 3.17. The van der Waals surface area contributed by atoms with Crippen LogP contribution in [0.25, 0.3) is 5.78 Å². The zero-order valence-corrected chi connectivity index (χ0v) is 14.6. The summed E-state index contributed by atoms with van der Waals surface area (Å²) < 4.78 is 1.76. The molecule has 4 heterocycles. The van der Waals surface area contributed by atoms with Crippen molar-refractivity contribution in [1.82, 2.24) is 24.6 Å². The number of aromatic nitrogens is 5. The Morgan fingerprint density at radius 2 is 2.12 bits per heavy atom. The highest BCUT2D eigenvalue weighted by Gasteiger charge is 2.21. The summed E-state index contributed by atoms with van der Waals surface area (Å²) in [5, 5.41) is 16.8. The fourth-order valence-corrected chi connectivity index (χ4v) is 3.25. The molecule has 1 aliphatic rings. The van der Waals surface area contributed by atoms with Gasteiger partial charge in [-0.1, -0.05) is 6.92 Å². The van der Waals surface area contributed by atoms with Crippen LogP contribution >= 0.6 is 0 Å². The Balaban J connectivity index is 1.44. The van der Waals surface area contributed by atoms with Crippen molar-refractivity contribution in [3.05, 3.63) is 42.0 Å². The van der Waals surface area contributed by atoms with Gasteiger partial charge in [-0.15, -0.1) is 0 Å². The van der Waals surface area contributed by atoms with Crippen molar-refractivity contribution in [2.45, 2.75) is 32.2 Å². The van der Waals surface area contributed by atoms with E-state index in [4.69, 9.17) is 5.26 Å². The molecule has 0 saturated carbocycles. The van der Waals surface area contributed by atoms with Gasteiger partial charge >= 0.3 is 0 Å². The van der Waals surface area contributed by atoms with Gasteiger partial charge in [-0.25, -0.2) is 9.97 Å². The van der Waals surface area contributed by atoms with E-state index in [0.29, 0.717) is 17.4 Å². The van der Waals surface area contributed by atoms with Gasteiger partial charge in [-0.2, -0.15) is 19.9 Å². The quantitative estimate of drug-likeness (QED) is 0.771. The van der Waals surface area contributed by atoms with E-state index in [9.17, 15) is 0 Å². The highest BCUT2D eigenvalue weighted by molar-refractivity contribution is 5.47. The third-order valence-corrected chi connectivity index (χ3v) is 4.72. The maximum absolute atomic E-state index is 8.88. The lowest BCUT2D eigenvalue weighted by Gasteiger charge is -2.33. The summed E-state index contributed by atoms with van der Waals surface area (Å²) in [6.45, 7) is 3.92. The first kappa shape index (κ1) is 16.3. The van der Waals surface area contributed by atoms with Gasteiger partial charge in [0.05, 0.1) is 5.56 Å². The van der Waals surface area contributed by atoms with Crippen molar-refractivity contribution in [2.75, 3.05) is 23.3 Å². The Kier molecular flexibility index (Phi) is 4.35. The van der Waals surface area contributed by atoms with E-state index in [-0.39, 0.29) is 0 Å². The lowest BCUT2D eigenvalue weighted by Crippen LogP contribution is -2.39. The standard InChI is InChI=1S/C18H20N8/c1-2-14-9-17(26-18(24-14)21-12-22-26)23-15-5-7-25(8-6-15)16-4-3-13(10-19)11-20-16/h3-4,9,11-12,15,23H,2,5-8H2,1H3. The van der Waals surface area contributed by atoms with Crippen LogP contribution < -0.4 is 10.2 Å². The number of piperidine rings is 1. The molecule has 1 N–H and O–H groups in total. The van der Waals surface area contributed by atoms with Crippen LogP contribution in [0.15, 0.2) is 30.7 Å². The molecule has 3 aromatic heterocycles. The minimum absolute atomic E-state index is 0.365. The molecule has 132 valence electrons. The van der Waals surface area contributed by atoms with E-state index < -0.39 is 0 Å². The molecule has 1 aliphatic heterocycles. The number of nitrogens with zero attached hydrogens (tertiary/aromatic N) is 7. The van der Waals surface area contributed by atoms with Gasteiger partial charge < -0.3 is 10.2 Å². The molecule has 3 aromatic rings. The predicted molar refractivity (Wildman–Crippen MR) is 98.0 cm³/mol. The SMILES string of the molecule is CCc1cc(NC2CCN(c3ccc(C#N)cn3)CC2)n2ncnc2n1. The Hall–Kier alpha value is -3.21. The van der Waals surface area contributed by atoms with Gasteiger partial charge in [-0.3, -0.25) is 0 Å². The molecule has 0 atom stereocenters. The van der Waals surface area contributed by atoms with E-state index in [1.54, 1.807) is 10.7 Å². The largest absolute Gasteiger partial charge is 0.367 e. The van der Waals surface area contributed by atoms with Crippen molar-refractivity contribution >= 4 is 17.4 Å². The first-order chi connectivity index (χ1) is 12.8. The van der Waals surface area contributed by atoms with Crippen LogP contribution in [0.5, 0.6) is 0 Å². The number of aryl methyl sites for hydroxylation is 1. The number of hydrogen-bond donors (Lipinski definition) is 1. The molecule has 8 heteroatoms. The molecule has 1 saturated heterocycles. The number of pyridine rings is 1. The second-order valence-electron chi connectivity index (χ2n) is 6.38. The first-order valence-corrected chi connectivity index (χ1v) is 8.84. The van der Waals surface area contributed by atoms with Crippen LogP contribution in [-0.4, -0.2) is 43.7 Å². The molecule has 4 rings (SSSR count). The topological polar surface area (TPSA) is 95.0 Å². The number of rotatable bonds is 4. The van der Waals surface area contributed by atoms with E-state index >= 15 is 0 Å². The van der Waals surface area contributed by atoms with Crippen molar-refractivity contribution in [2.24, 2.45) is 0 Å². The number of fused-ring (bicyclic) bond motifs is 1. The molecule has 8 nitrogen and oxygen atoms in total. The Labute approximate surface area is 151 Å². The average molecular weight is 348 g/mol. The van der Waals surface area contributed by atoms with E-state index in [0.717, 1.165) is 49.7 Å². The number of nitrogens with one attached hydrogen (secondary N) is 1. The summed E-state index contributed by atoms with van der Waals surface area (Å²) in [5.41, 5.74) is 1.60. The molecule has 0 spiro atoms. The summed E-state index contributed by atoms with van der Waals surface area (Å²) in [5.74, 6) is 2.50. The van der Waals surface area contributed by atoms with Crippen LogP contribution in [0.3, 0.4) is 0 Å². The van der Waals surface area contributed by atoms with Crippen molar-refractivity contribution < 1.29 is 0 Å². The van der Waals surface area contributed by atoms with Gasteiger partial charge in [0, 0.05) is 37.1 Å². The molecule has 1 fully saturated rings. The third-order valence-electron chi connectivity index (χ3n) is 4.72. The van der Waals surface area contributed by atoms with Crippen molar-refractivity contribution in [1.29, 1.82) is 5.26 Å². The minimum Gasteiger partial charge on any atom is -0.367 e. The van der Waals surface area contributed by atoms with Crippen LogP contribution in [-0.2, 0) is 6.42 Å². The summed E-state index contributed by atoms with van der Waals surface area (Å²) in [4.78, 5) is 15.3. The Bertz CT molecular complexity index is 932. The lowest BCUT2D eigenvalue weighted by atomic mass is 10.0. The second kappa shape index (κ2) is 6.96. The Morgan fingerprint density at radius 1 is 1.27 bits per heavy atom. The van der Waals surface area contributed by atoms with Gasteiger partial charge in [-0.05, 0) is 31.4 Å². The molecule has 0 radical (unpaired) electrons. The van der Waals surface area contributed by atoms with Crippen LogP contribution in [0, 0.1) is 11.3 Å². The van der Waals surface area contributed by atoms with Gasteiger partial charge in [0.25, 0.3) is 5.78 Å². The monoisotopic (exact) mass is 348 g/mol. The summed E-state index contributed by atoms with van der Waals surface area (Å²) >= 11 is 0. The summed E-state index contributed by atoms with van der Waals surface area (Å²) in [7, 11) is 0. The molecule has 0 amide bonds. The van der Waals surface area contributed by atoms with E-state index in [2.05, 4.69) is 49.3 Å². The van der Waals surface area contributed by atoms with Crippen LogP contribution in [0.2, 0.25) is 0 Å². The lowest BCUT2D eigenvalue weighted by molar-refractivity contribution is 0.521. The highest BCUT2D eigenvalue weighted by atomic mass is 15.4. The van der Waals surface area contributed by atoms with Gasteiger partial charge in [0.1, 0.15) is 24.0 Å². The molecular formula is C18H20N8. The fourth-order valence-electron chi connectivity index (χ4n) is 3.25. The normalized spacial score (nSPS) is 15.2. The summed E-state index contributed by atoms with van der Waals surface area (Å²) in [6.07, 6.45) is 6.03. The van der Waals surface area contributed by atoms with E-state index in [1.807, 2.05) is 12.1 Å². The Morgan fingerprint density at radius 3 is 2.81 bits per heavy atom. The number of anilines is 2. The predicted octanol–water partition coefficient (Wildman–Crippen LogP) is 2.03. The smallest absolute Gasteiger partial charge is 0.254 e. The van der Waals surface area contributed by atoms with Crippen LogP contribution in [0.1, 0.15) is 31.0 Å². The van der Waals surface area contributed by atoms with Crippen LogP contribution in [0.4, 0.5) is 11.6 Å². The minimum atomic E-state index is 0.365. The van der Waals surface area contributed by atoms with E-state index in [1.165, 1.54) is 6.33 Å². The highest BCUT2D eigenvalue weighted by Crippen LogP contribution is 2.21. The first-order valence-electron chi connectivity index (χ1n) is 8.84. The number of hydrogen-bond acceptors (Lipinski definition) is 7. The molecular weight excluding hydrogens is 328 g/mol. The maximum atomic E-state index is 8.88.